The predicted octanol–water partition coefficient (Wildman–Crippen LogP) is 3.98. The van der Waals surface area contributed by atoms with E-state index < -0.39 is 10.0 Å². The summed E-state index contributed by atoms with van der Waals surface area (Å²) in [7, 11) is -2.08. The monoisotopic (exact) mass is 458 g/mol. The average molecular weight is 459 g/mol. The van der Waals surface area contributed by atoms with Gasteiger partial charge in [-0.3, -0.25) is 9.52 Å². The number of benzene rings is 2. The van der Waals surface area contributed by atoms with Gasteiger partial charge in [0.1, 0.15) is 0 Å². The molecule has 0 radical (unpaired) electrons. The molecule has 0 spiro atoms. The first-order valence-corrected chi connectivity index (χ1v) is 12.1. The maximum Gasteiger partial charge on any atom is 0.262 e. The molecule has 1 aliphatic rings. The van der Waals surface area contributed by atoms with E-state index in [9.17, 15) is 13.2 Å². The Morgan fingerprint density at radius 1 is 1.06 bits per heavy atom. The second-order valence-corrected chi connectivity index (χ2v) is 9.80. The number of rotatable bonds is 6. The lowest BCUT2D eigenvalue weighted by Crippen LogP contribution is -2.25. The van der Waals surface area contributed by atoms with E-state index in [4.69, 9.17) is 9.47 Å². The number of nitrogens with one attached hydrogen (secondary N) is 1. The summed E-state index contributed by atoms with van der Waals surface area (Å²) in [6, 6.07) is 14.8. The minimum atomic E-state index is -3.82. The van der Waals surface area contributed by atoms with Gasteiger partial charge in [-0.15, -0.1) is 11.3 Å². The summed E-state index contributed by atoms with van der Waals surface area (Å²) in [6.07, 6.45) is 0.739. The number of hydrogen-bond donors (Lipinski definition) is 1. The summed E-state index contributed by atoms with van der Waals surface area (Å²) in [5.74, 6) is 0.812. The summed E-state index contributed by atoms with van der Waals surface area (Å²) in [4.78, 5) is 15.4. The Morgan fingerprint density at radius 3 is 2.52 bits per heavy atom. The number of hydrogen-bond acceptors (Lipinski definition) is 6. The second kappa shape index (κ2) is 8.99. The van der Waals surface area contributed by atoms with E-state index in [0.29, 0.717) is 42.5 Å². The number of amides is 1. The van der Waals surface area contributed by atoms with Gasteiger partial charge in [0.05, 0.1) is 24.7 Å². The Kier molecular flexibility index (Phi) is 6.15. The molecule has 1 aromatic heterocycles. The molecule has 0 aliphatic carbocycles. The Morgan fingerprint density at radius 2 is 1.81 bits per heavy atom. The number of carbonyl (C=O) groups excluding carboxylic acids is 1. The van der Waals surface area contributed by atoms with Gasteiger partial charge >= 0.3 is 0 Å². The number of nitrogens with zero attached hydrogens (tertiary/aromatic N) is 1. The number of thiophene rings is 1. The highest BCUT2D eigenvalue weighted by molar-refractivity contribution is 7.92. The fourth-order valence-corrected chi connectivity index (χ4v) is 4.97. The second-order valence-electron chi connectivity index (χ2n) is 7.08. The van der Waals surface area contributed by atoms with Crippen molar-refractivity contribution in [3.05, 3.63) is 70.4 Å². The van der Waals surface area contributed by atoms with Crippen LogP contribution in [0.1, 0.15) is 21.7 Å². The molecule has 1 N–H and O–H groups in total. The van der Waals surface area contributed by atoms with Gasteiger partial charge in [-0.1, -0.05) is 6.07 Å². The highest BCUT2D eigenvalue weighted by Crippen LogP contribution is 2.32. The molecule has 1 aliphatic heterocycles. The number of ether oxygens (including phenoxy) is 2. The summed E-state index contributed by atoms with van der Waals surface area (Å²) in [6.45, 7) is 1.53. The smallest absolute Gasteiger partial charge is 0.262 e. The fourth-order valence-electron chi connectivity index (χ4n) is 3.13. The molecule has 1 amide bonds. The predicted molar refractivity (Wildman–Crippen MR) is 119 cm³/mol. The SMILES string of the molecule is CN(Cc1cccs1)C(=O)c1ccc(NS(=O)(=O)c2ccc3c(c2)OCCCO3)cc1. The first kappa shape index (κ1) is 21.2. The maximum absolute atomic E-state index is 12.8. The molecular formula is C22H22N2O5S2. The van der Waals surface area contributed by atoms with Crippen molar-refractivity contribution in [1.82, 2.24) is 4.90 Å². The topological polar surface area (TPSA) is 84.9 Å². The number of sulfonamides is 1. The van der Waals surface area contributed by atoms with E-state index in [1.54, 1.807) is 53.6 Å². The lowest BCUT2D eigenvalue weighted by molar-refractivity contribution is 0.0786. The van der Waals surface area contributed by atoms with Crippen LogP contribution < -0.4 is 14.2 Å². The molecule has 3 aromatic rings. The molecule has 2 aromatic carbocycles. The van der Waals surface area contributed by atoms with E-state index in [1.807, 2.05) is 17.5 Å². The molecule has 31 heavy (non-hydrogen) atoms. The van der Waals surface area contributed by atoms with Crippen molar-refractivity contribution in [3.63, 3.8) is 0 Å². The van der Waals surface area contributed by atoms with Gasteiger partial charge in [0.15, 0.2) is 11.5 Å². The van der Waals surface area contributed by atoms with Crippen LogP contribution in [0.5, 0.6) is 11.5 Å². The van der Waals surface area contributed by atoms with Gasteiger partial charge in [-0.05, 0) is 47.8 Å². The Bertz CT molecular complexity index is 1160. The van der Waals surface area contributed by atoms with E-state index in [1.165, 1.54) is 12.1 Å². The number of anilines is 1. The molecule has 0 unspecified atom stereocenters. The zero-order valence-electron chi connectivity index (χ0n) is 16.9. The third-order valence-corrected chi connectivity index (χ3v) is 6.97. The molecule has 0 atom stereocenters. The van der Waals surface area contributed by atoms with E-state index in [2.05, 4.69) is 4.72 Å². The van der Waals surface area contributed by atoms with Crippen LogP contribution in [-0.2, 0) is 16.6 Å². The normalized spacial score (nSPS) is 13.3. The van der Waals surface area contributed by atoms with Crippen LogP contribution in [0, 0.1) is 0 Å². The zero-order valence-corrected chi connectivity index (χ0v) is 18.5. The Labute approximate surface area is 185 Å². The molecule has 162 valence electrons. The molecule has 9 heteroatoms. The van der Waals surface area contributed by atoms with Crippen LogP contribution in [0.25, 0.3) is 0 Å². The van der Waals surface area contributed by atoms with Crippen LogP contribution >= 0.6 is 11.3 Å². The quantitative estimate of drug-likeness (QED) is 0.604. The summed E-state index contributed by atoms with van der Waals surface area (Å²) in [5.41, 5.74) is 0.849. The summed E-state index contributed by atoms with van der Waals surface area (Å²) >= 11 is 1.59. The molecule has 0 saturated heterocycles. The van der Waals surface area contributed by atoms with Gasteiger partial charge in [0.2, 0.25) is 0 Å². The average Bonchev–Trinajstić information content (AvgIpc) is 3.15. The van der Waals surface area contributed by atoms with E-state index >= 15 is 0 Å². The van der Waals surface area contributed by atoms with Crippen LogP contribution in [-0.4, -0.2) is 39.5 Å². The highest BCUT2D eigenvalue weighted by Gasteiger charge is 2.19. The van der Waals surface area contributed by atoms with Gasteiger partial charge in [0.25, 0.3) is 15.9 Å². The Balaban J connectivity index is 1.45. The molecule has 4 rings (SSSR count). The van der Waals surface area contributed by atoms with Crippen LogP contribution in [0.3, 0.4) is 0 Å². The molecule has 7 nitrogen and oxygen atoms in total. The van der Waals surface area contributed by atoms with Gasteiger partial charge in [-0.25, -0.2) is 8.42 Å². The van der Waals surface area contributed by atoms with Crippen molar-refractivity contribution >= 4 is 33.0 Å². The van der Waals surface area contributed by atoms with Crippen molar-refractivity contribution in [3.8, 4) is 11.5 Å². The molecule has 0 fully saturated rings. The number of carbonyl (C=O) groups is 1. The van der Waals surface area contributed by atoms with Crippen LogP contribution in [0.15, 0.2) is 64.9 Å². The van der Waals surface area contributed by atoms with E-state index in [-0.39, 0.29) is 10.8 Å². The Hall–Kier alpha value is -3.04. The maximum atomic E-state index is 12.8. The van der Waals surface area contributed by atoms with Gasteiger partial charge in [-0.2, -0.15) is 0 Å². The molecule has 0 saturated carbocycles. The molecule has 0 bridgehead atoms. The first-order chi connectivity index (χ1) is 14.9. The van der Waals surface area contributed by atoms with Crippen molar-refractivity contribution in [2.24, 2.45) is 0 Å². The van der Waals surface area contributed by atoms with Gasteiger partial charge in [0, 0.05) is 35.7 Å². The first-order valence-electron chi connectivity index (χ1n) is 9.73. The fraction of sp³-hybridized carbons (Fsp3) is 0.227. The van der Waals surface area contributed by atoms with Gasteiger partial charge < -0.3 is 14.4 Å². The van der Waals surface area contributed by atoms with Crippen molar-refractivity contribution in [2.45, 2.75) is 17.9 Å². The molecular weight excluding hydrogens is 436 g/mol. The number of fused-ring (bicyclic) bond motifs is 1. The standard InChI is InChI=1S/C22H22N2O5S2/c1-24(15-18-4-2-13-30-18)22(25)16-5-7-17(8-6-16)23-31(26,27)19-9-10-20-21(14-19)29-12-3-11-28-20/h2,4-10,13-14,23H,3,11-12,15H2,1H3. The lowest BCUT2D eigenvalue weighted by atomic mass is 10.2. The van der Waals surface area contributed by atoms with E-state index in [0.717, 1.165) is 11.3 Å². The van der Waals surface area contributed by atoms with Crippen LogP contribution in [0.4, 0.5) is 5.69 Å². The lowest BCUT2D eigenvalue weighted by Gasteiger charge is -2.16. The summed E-state index contributed by atoms with van der Waals surface area (Å²) < 4.78 is 39.3. The molecule has 2 heterocycles. The van der Waals surface area contributed by atoms with Crippen molar-refractivity contribution < 1.29 is 22.7 Å². The third-order valence-electron chi connectivity index (χ3n) is 4.73. The largest absolute Gasteiger partial charge is 0.490 e. The van der Waals surface area contributed by atoms with Crippen molar-refractivity contribution in [2.75, 3.05) is 25.0 Å². The minimum Gasteiger partial charge on any atom is -0.490 e. The van der Waals surface area contributed by atoms with Crippen molar-refractivity contribution in [1.29, 1.82) is 0 Å². The van der Waals surface area contributed by atoms with Crippen LogP contribution in [0.2, 0.25) is 0 Å². The third kappa shape index (κ3) is 5.00. The highest BCUT2D eigenvalue weighted by atomic mass is 32.2. The summed E-state index contributed by atoms with van der Waals surface area (Å²) in [5, 5.41) is 1.97. The zero-order chi connectivity index (χ0) is 21.8. The minimum absolute atomic E-state index is 0.0765.